The van der Waals surface area contributed by atoms with Gasteiger partial charge in [0.15, 0.2) is 0 Å². The SMILES string of the molecule is Cc1ccc(NC(=O)N(Cc2cccc(OS(=O)(=O)c3ccc(F)cc3)c2)CC(C)C)c(C)c1. The van der Waals surface area contributed by atoms with Crippen molar-refractivity contribution in [1.29, 1.82) is 0 Å². The molecule has 0 bridgehead atoms. The van der Waals surface area contributed by atoms with Gasteiger partial charge in [-0.1, -0.05) is 43.7 Å². The van der Waals surface area contributed by atoms with E-state index in [0.29, 0.717) is 12.1 Å². The first-order chi connectivity index (χ1) is 16.0. The van der Waals surface area contributed by atoms with Crippen LogP contribution in [0, 0.1) is 25.6 Å². The maximum absolute atomic E-state index is 13.1. The fourth-order valence-corrected chi connectivity index (χ4v) is 4.42. The standard InChI is InChI=1S/C26H29FN2O4S/c1-18(2)16-29(26(30)28-25-13-8-19(3)14-20(25)4)17-21-6-5-7-23(15-21)33-34(31,32)24-11-9-22(27)10-12-24/h5-15,18H,16-17H2,1-4H3,(H,28,30). The van der Waals surface area contributed by atoms with E-state index in [0.717, 1.165) is 41.1 Å². The molecule has 0 aliphatic carbocycles. The Morgan fingerprint density at radius 2 is 1.74 bits per heavy atom. The summed E-state index contributed by atoms with van der Waals surface area (Å²) in [6.45, 7) is 8.75. The lowest BCUT2D eigenvalue weighted by molar-refractivity contribution is 0.201. The Morgan fingerprint density at radius 3 is 2.38 bits per heavy atom. The third-order valence-corrected chi connectivity index (χ3v) is 6.34. The van der Waals surface area contributed by atoms with Crippen molar-refractivity contribution in [3.63, 3.8) is 0 Å². The van der Waals surface area contributed by atoms with Crippen LogP contribution in [0.2, 0.25) is 0 Å². The Kier molecular flexibility index (Phi) is 7.94. The van der Waals surface area contributed by atoms with Crippen LogP contribution < -0.4 is 9.50 Å². The first-order valence-corrected chi connectivity index (χ1v) is 12.4. The molecule has 2 amide bonds. The molecule has 34 heavy (non-hydrogen) atoms. The van der Waals surface area contributed by atoms with Gasteiger partial charge < -0.3 is 14.4 Å². The second-order valence-electron chi connectivity index (χ2n) is 8.66. The molecule has 0 heterocycles. The quantitative estimate of drug-likeness (QED) is 0.404. The zero-order valence-electron chi connectivity index (χ0n) is 19.7. The number of halogens is 1. The number of carbonyl (C=O) groups is 1. The van der Waals surface area contributed by atoms with Gasteiger partial charge in [0.1, 0.15) is 16.5 Å². The molecule has 3 aromatic carbocycles. The van der Waals surface area contributed by atoms with Gasteiger partial charge in [-0.25, -0.2) is 9.18 Å². The van der Waals surface area contributed by atoms with E-state index < -0.39 is 15.9 Å². The van der Waals surface area contributed by atoms with Crippen LogP contribution in [0.5, 0.6) is 5.75 Å². The molecule has 0 aromatic heterocycles. The van der Waals surface area contributed by atoms with E-state index in [1.165, 1.54) is 6.07 Å². The van der Waals surface area contributed by atoms with Crippen LogP contribution in [0.15, 0.2) is 71.6 Å². The lowest BCUT2D eigenvalue weighted by Gasteiger charge is -2.25. The molecule has 0 atom stereocenters. The number of hydrogen-bond acceptors (Lipinski definition) is 4. The number of aryl methyl sites for hydroxylation is 2. The lowest BCUT2D eigenvalue weighted by Crippen LogP contribution is -2.37. The molecule has 180 valence electrons. The largest absolute Gasteiger partial charge is 0.379 e. The number of anilines is 1. The van der Waals surface area contributed by atoms with Crippen LogP contribution >= 0.6 is 0 Å². The number of nitrogens with zero attached hydrogens (tertiary/aromatic N) is 1. The van der Waals surface area contributed by atoms with Gasteiger partial charge in [0.25, 0.3) is 0 Å². The van der Waals surface area contributed by atoms with E-state index in [9.17, 15) is 17.6 Å². The molecule has 0 saturated carbocycles. The fraction of sp³-hybridized carbons (Fsp3) is 0.269. The summed E-state index contributed by atoms with van der Waals surface area (Å²) >= 11 is 0. The van der Waals surface area contributed by atoms with Gasteiger partial charge in [0, 0.05) is 18.8 Å². The maximum atomic E-state index is 13.1. The zero-order valence-corrected chi connectivity index (χ0v) is 20.5. The molecular formula is C26H29FN2O4S. The minimum absolute atomic E-state index is 0.112. The van der Waals surface area contributed by atoms with E-state index in [2.05, 4.69) is 5.32 Å². The van der Waals surface area contributed by atoms with Gasteiger partial charge in [0.2, 0.25) is 0 Å². The van der Waals surface area contributed by atoms with Crippen molar-refractivity contribution in [2.75, 3.05) is 11.9 Å². The Bertz CT molecular complexity index is 1260. The van der Waals surface area contributed by atoms with Crippen LogP contribution in [0.3, 0.4) is 0 Å². The molecule has 3 rings (SSSR count). The highest BCUT2D eigenvalue weighted by atomic mass is 32.2. The predicted molar refractivity (Wildman–Crippen MR) is 131 cm³/mol. The van der Waals surface area contributed by atoms with E-state index in [4.69, 9.17) is 4.18 Å². The minimum atomic E-state index is -4.12. The van der Waals surface area contributed by atoms with Crippen molar-refractivity contribution in [3.8, 4) is 5.75 Å². The molecule has 6 nitrogen and oxygen atoms in total. The van der Waals surface area contributed by atoms with E-state index in [-0.39, 0.29) is 29.1 Å². The third kappa shape index (κ3) is 6.81. The van der Waals surface area contributed by atoms with Crippen molar-refractivity contribution < 1.29 is 21.8 Å². The summed E-state index contributed by atoms with van der Waals surface area (Å²) in [4.78, 5) is 14.6. The molecule has 0 aliphatic heterocycles. The van der Waals surface area contributed by atoms with Gasteiger partial charge in [-0.15, -0.1) is 0 Å². The van der Waals surface area contributed by atoms with E-state index >= 15 is 0 Å². The summed E-state index contributed by atoms with van der Waals surface area (Å²) in [6.07, 6.45) is 0. The van der Waals surface area contributed by atoms with Crippen molar-refractivity contribution in [1.82, 2.24) is 4.90 Å². The van der Waals surface area contributed by atoms with Gasteiger partial charge in [-0.05, 0) is 73.4 Å². The molecular weight excluding hydrogens is 455 g/mol. The summed E-state index contributed by atoms with van der Waals surface area (Å²) in [5.41, 5.74) is 3.54. The molecule has 0 spiro atoms. The highest BCUT2D eigenvalue weighted by molar-refractivity contribution is 7.87. The number of hydrogen-bond donors (Lipinski definition) is 1. The van der Waals surface area contributed by atoms with Gasteiger partial charge in [-0.2, -0.15) is 8.42 Å². The van der Waals surface area contributed by atoms with Crippen LogP contribution in [0.25, 0.3) is 0 Å². The first kappa shape index (κ1) is 25.2. The third-order valence-electron chi connectivity index (χ3n) is 5.08. The Labute approximate surface area is 200 Å². The van der Waals surface area contributed by atoms with Gasteiger partial charge in [-0.3, -0.25) is 0 Å². The summed E-state index contributed by atoms with van der Waals surface area (Å²) in [7, 11) is -4.12. The Balaban J connectivity index is 1.77. The molecule has 0 radical (unpaired) electrons. The molecule has 1 N–H and O–H groups in total. The van der Waals surface area contributed by atoms with Crippen LogP contribution in [-0.2, 0) is 16.7 Å². The molecule has 8 heteroatoms. The van der Waals surface area contributed by atoms with Crippen molar-refractivity contribution in [3.05, 3.63) is 89.2 Å². The van der Waals surface area contributed by atoms with E-state index in [1.54, 1.807) is 23.1 Å². The second-order valence-corrected chi connectivity index (χ2v) is 10.2. The number of amides is 2. The summed E-state index contributed by atoms with van der Waals surface area (Å²) in [5.74, 6) is -0.199. The smallest absolute Gasteiger partial charge is 0.339 e. The van der Waals surface area contributed by atoms with Crippen LogP contribution in [0.4, 0.5) is 14.9 Å². The number of nitrogens with one attached hydrogen (secondary N) is 1. The highest BCUT2D eigenvalue weighted by Crippen LogP contribution is 2.22. The number of carbonyl (C=O) groups excluding carboxylic acids is 1. The zero-order chi connectivity index (χ0) is 24.9. The van der Waals surface area contributed by atoms with Crippen molar-refractivity contribution in [2.45, 2.75) is 39.1 Å². The average Bonchev–Trinajstić information content (AvgIpc) is 2.75. The van der Waals surface area contributed by atoms with Crippen LogP contribution in [0.1, 0.15) is 30.5 Å². The molecule has 0 unspecified atom stereocenters. The van der Waals surface area contributed by atoms with Crippen molar-refractivity contribution in [2.24, 2.45) is 5.92 Å². The number of benzene rings is 3. The van der Waals surface area contributed by atoms with Crippen molar-refractivity contribution >= 4 is 21.8 Å². The maximum Gasteiger partial charge on any atom is 0.339 e. The summed E-state index contributed by atoms with van der Waals surface area (Å²) < 4.78 is 43.5. The minimum Gasteiger partial charge on any atom is -0.379 e. The number of urea groups is 1. The molecule has 0 saturated heterocycles. The Hall–Kier alpha value is -3.39. The summed E-state index contributed by atoms with van der Waals surface area (Å²) in [5, 5.41) is 2.97. The highest BCUT2D eigenvalue weighted by Gasteiger charge is 2.19. The average molecular weight is 485 g/mol. The fourth-order valence-electron chi connectivity index (χ4n) is 3.50. The second kappa shape index (κ2) is 10.7. The van der Waals surface area contributed by atoms with Gasteiger partial charge in [0.05, 0.1) is 0 Å². The monoisotopic (exact) mass is 484 g/mol. The van der Waals surface area contributed by atoms with Crippen LogP contribution in [-0.4, -0.2) is 25.9 Å². The molecule has 0 aliphatic rings. The number of rotatable bonds is 8. The Morgan fingerprint density at radius 1 is 1.03 bits per heavy atom. The predicted octanol–water partition coefficient (Wildman–Crippen LogP) is 5.90. The summed E-state index contributed by atoms with van der Waals surface area (Å²) in [6, 6.07) is 16.6. The van der Waals surface area contributed by atoms with Gasteiger partial charge >= 0.3 is 16.1 Å². The van der Waals surface area contributed by atoms with E-state index in [1.807, 2.05) is 45.9 Å². The topological polar surface area (TPSA) is 75.7 Å². The lowest BCUT2D eigenvalue weighted by atomic mass is 10.1. The molecule has 0 fully saturated rings. The normalized spacial score (nSPS) is 11.4. The first-order valence-electron chi connectivity index (χ1n) is 11.0. The molecule has 3 aromatic rings.